The van der Waals surface area contributed by atoms with Crippen molar-refractivity contribution in [1.29, 1.82) is 0 Å². The smallest absolute Gasteiger partial charge is 0.257 e. The molecule has 0 aliphatic rings. The van der Waals surface area contributed by atoms with Gasteiger partial charge in [0.25, 0.3) is 5.91 Å². The van der Waals surface area contributed by atoms with E-state index < -0.39 is 0 Å². The maximum Gasteiger partial charge on any atom is 0.257 e. The monoisotopic (exact) mass is 371 g/mol. The Morgan fingerprint density at radius 1 is 1.22 bits per heavy atom. The van der Waals surface area contributed by atoms with E-state index in [-0.39, 0.29) is 5.91 Å². The topological polar surface area (TPSA) is 68.0 Å². The second-order valence-corrected chi connectivity index (χ2v) is 5.90. The molecule has 0 spiro atoms. The fraction of sp³-hybridized carbons (Fsp3) is 0.118. The Balaban J connectivity index is 1.83. The maximum atomic E-state index is 12.5. The zero-order chi connectivity index (χ0) is 16.2. The van der Waals surface area contributed by atoms with Crippen molar-refractivity contribution in [3.8, 4) is 11.3 Å². The van der Waals surface area contributed by atoms with Gasteiger partial charge in [0.2, 0.25) is 0 Å². The molecule has 0 unspecified atom stereocenters. The van der Waals surface area contributed by atoms with E-state index in [2.05, 4.69) is 31.4 Å². The summed E-state index contributed by atoms with van der Waals surface area (Å²) in [7, 11) is 0. The lowest BCUT2D eigenvalue weighted by molar-refractivity contribution is 0.0950. The molecule has 0 aliphatic heterocycles. The molecule has 0 aliphatic carbocycles. The van der Waals surface area contributed by atoms with Crippen LogP contribution in [0.5, 0.6) is 0 Å². The molecule has 2 aromatic heterocycles. The number of hydrogen-bond acceptors (Lipinski definition) is 4. The number of carbonyl (C=O) groups excluding carboxylic acids is 1. The highest BCUT2D eigenvalue weighted by Crippen LogP contribution is 2.27. The minimum Gasteiger partial charge on any atom is -0.355 e. The molecule has 1 aromatic carbocycles. The summed E-state index contributed by atoms with van der Waals surface area (Å²) in [5, 5.41) is 6.78. The number of hydrogen-bond donors (Lipinski definition) is 1. The summed E-state index contributed by atoms with van der Waals surface area (Å²) in [6, 6.07) is 13.1. The van der Waals surface area contributed by atoms with Gasteiger partial charge in [-0.1, -0.05) is 27.2 Å². The van der Waals surface area contributed by atoms with Gasteiger partial charge in [0, 0.05) is 16.2 Å². The van der Waals surface area contributed by atoms with Crippen LogP contribution >= 0.6 is 15.9 Å². The van der Waals surface area contributed by atoms with Crippen LogP contribution in [0, 0.1) is 6.92 Å². The third-order valence-electron chi connectivity index (χ3n) is 3.35. The van der Waals surface area contributed by atoms with Gasteiger partial charge in [-0.15, -0.1) is 0 Å². The zero-order valence-corrected chi connectivity index (χ0v) is 14.0. The van der Waals surface area contributed by atoms with Gasteiger partial charge < -0.3 is 9.84 Å². The Labute approximate surface area is 141 Å². The van der Waals surface area contributed by atoms with Crippen molar-refractivity contribution in [2.75, 3.05) is 0 Å². The summed E-state index contributed by atoms with van der Waals surface area (Å²) in [4.78, 5) is 16.7. The summed E-state index contributed by atoms with van der Waals surface area (Å²) in [5.41, 5.74) is 2.60. The molecule has 0 atom stereocenters. The molecule has 0 radical (unpaired) electrons. The molecule has 116 valence electrons. The van der Waals surface area contributed by atoms with Gasteiger partial charge in [-0.2, -0.15) is 0 Å². The first kappa shape index (κ1) is 15.4. The molecule has 0 saturated carbocycles. The summed E-state index contributed by atoms with van der Waals surface area (Å²) in [6.07, 6.45) is 1.69. The summed E-state index contributed by atoms with van der Waals surface area (Å²) in [6.45, 7) is 2.10. The van der Waals surface area contributed by atoms with Crippen LogP contribution in [0.1, 0.15) is 21.7 Å². The van der Waals surface area contributed by atoms with Crippen LogP contribution in [-0.4, -0.2) is 16.0 Å². The summed E-state index contributed by atoms with van der Waals surface area (Å²) >= 11 is 3.39. The Kier molecular flexibility index (Phi) is 4.52. The molecule has 1 N–H and O–H groups in total. The standard InChI is InChI=1S/C17H14BrN3O2/c1-11-15(17(22)20-10-14-4-2-3-9-19-14)16(23-21-11)12-5-7-13(18)8-6-12/h2-9H,10H2,1H3,(H,20,22). The molecule has 2 heterocycles. The Hall–Kier alpha value is -2.47. The first-order valence-electron chi connectivity index (χ1n) is 7.05. The van der Waals surface area contributed by atoms with Gasteiger partial charge in [-0.05, 0) is 43.3 Å². The van der Waals surface area contributed by atoms with E-state index in [4.69, 9.17) is 4.52 Å². The summed E-state index contributed by atoms with van der Waals surface area (Å²) < 4.78 is 6.31. The molecule has 5 nitrogen and oxygen atoms in total. The highest BCUT2D eigenvalue weighted by atomic mass is 79.9. The highest BCUT2D eigenvalue weighted by Gasteiger charge is 2.21. The highest BCUT2D eigenvalue weighted by molar-refractivity contribution is 9.10. The lowest BCUT2D eigenvalue weighted by Crippen LogP contribution is -2.24. The second-order valence-electron chi connectivity index (χ2n) is 4.98. The molecule has 23 heavy (non-hydrogen) atoms. The van der Waals surface area contributed by atoms with Crippen LogP contribution in [0.4, 0.5) is 0 Å². The van der Waals surface area contributed by atoms with E-state index in [0.717, 1.165) is 15.7 Å². The van der Waals surface area contributed by atoms with Gasteiger partial charge in [-0.3, -0.25) is 9.78 Å². The van der Waals surface area contributed by atoms with E-state index in [1.165, 1.54) is 0 Å². The predicted molar refractivity (Wildman–Crippen MR) is 89.8 cm³/mol. The van der Waals surface area contributed by atoms with E-state index in [1.54, 1.807) is 13.1 Å². The number of halogens is 1. The first-order chi connectivity index (χ1) is 11.1. The van der Waals surface area contributed by atoms with E-state index in [1.807, 2.05) is 42.5 Å². The number of aryl methyl sites for hydroxylation is 1. The van der Waals surface area contributed by atoms with Crippen molar-refractivity contribution in [3.05, 3.63) is 70.1 Å². The van der Waals surface area contributed by atoms with Crippen molar-refractivity contribution < 1.29 is 9.32 Å². The zero-order valence-electron chi connectivity index (χ0n) is 12.4. The van der Waals surface area contributed by atoms with Crippen LogP contribution in [0.25, 0.3) is 11.3 Å². The van der Waals surface area contributed by atoms with Crippen molar-refractivity contribution >= 4 is 21.8 Å². The number of benzene rings is 1. The average molecular weight is 372 g/mol. The minimum atomic E-state index is -0.229. The molecular weight excluding hydrogens is 358 g/mol. The quantitative estimate of drug-likeness (QED) is 0.758. The minimum absolute atomic E-state index is 0.229. The van der Waals surface area contributed by atoms with E-state index in [9.17, 15) is 4.79 Å². The lowest BCUT2D eigenvalue weighted by Gasteiger charge is -2.05. The number of pyridine rings is 1. The molecule has 0 fully saturated rings. The third-order valence-corrected chi connectivity index (χ3v) is 3.88. The molecule has 3 rings (SSSR count). The second kappa shape index (κ2) is 6.75. The lowest BCUT2D eigenvalue weighted by atomic mass is 10.1. The predicted octanol–water partition coefficient (Wildman–Crippen LogP) is 3.74. The Bertz CT molecular complexity index is 814. The van der Waals surface area contributed by atoms with Gasteiger partial charge >= 0.3 is 0 Å². The number of aromatic nitrogens is 2. The molecule has 6 heteroatoms. The van der Waals surface area contributed by atoms with Crippen LogP contribution in [-0.2, 0) is 6.54 Å². The molecular formula is C17H14BrN3O2. The van der Waals surface area contributed by atoms with Crippen LogP contribution in [0.15, 0.2) is 57.7 Å². The van der Waals surface area contributed by atoms with Crippen molar-refractivity contribution in [2.24, 2.45) is 0 Å². The van der Waals surface area contributed by atoms with Gasteiger partial charge in [-0.25, -0.2) is 0 Å². The van der Waals surface area contributed by atoms with Crippen molar-refractivity contribution in [3.63, 3.8) is 0 Å². The number of nitrogens with one attached hydrogen (secondary N) is 1. The molecule has 1 amide bonds. The van der Waals surface area contributed by atoms with Gasteiger partial charge in [0.1, 0.15) is 5.56 Å². The SMILES string of the molecule is Cc1noc(-c2ccc(Br)cc2)c1C(=O)NCc1ccccn1. The van der Waals surface area contributed by atoms with Crippen LogP contribution < -0.4 is 5.32 Å². The van der Waals surface area contributed by atoms with E-state index >= 15 is 0 Å². The Morgan fingerprint density at radius 3 is 2.70 bits per heavy atom. The van der Waals surface area contributed by atoms with Crippen molar-refractivity contribution in [1.82, 2.24) is 15.5 Å². The largest absolute Gasteiger partial charge is 0.355 e. The fourth-order valence-corrected chi connectivity index (χ4v) is 2.46. The average Bonchev–Trinajstić information content (AvgIpc) is 2.96. The number of rotatable bonds is 4. The van der Waals surface area contributed by atoms with Crippen molar-refractivity contribution in [2.45, 2.75) is 13.5 Å². The fourth-order valence-electron chi connectivity index (χ4n) is 2.20. The molecule has 0 bridgehead atoms. The number of amides is 1. The number of carbonyl (C=O) groups is 1. The van der Waals surface area contributed by atoms with Gasteiger partial charge in [0.05, 0.1) is 17.9 Å². The van der Waals surface area contributed by atoms with Crippen LogP contribution in [0.3, 0.4) is 0 Å². The normalized spacial score (nSPS) is 10.5. The third kappa shape index (κ3) is 3.48. The first-order valence-corrected chi connectivity index (χ1v) is 7.85. The Morgan fingerprint density at radius 2 is 2.00 bits per heavy atom. The maximum absolute atomic E-state index is 12.5. The molecule has 0 saturated heterocycles. The van der Waals surface area contributed by atoms with Gasteiger partial charge in [0.15, 0.2) is 5.76 Å². The molecule has 3 aromatic rings. The number of nitrogens with zero attached hydrogens (tertiary/aromatic N) is 2. The van der Waals surface area contributed by atoms with Crippen LogP contribution in [0.2, 0.25) is 0 Å². The van der Waals surface area contributed by atoms with E-state index in [0.29, 0.717) is 23.6 Å². The summed E-state index contributed by atoms with van der Waals surface area (Å²) in [5.74, 6) is 0.237.